The molecule has 0 spiro atoms. The molecule has 8 heteroatoms. The fraction of sp³-hybridized carbons (Fsp3) is 0.650. The molecule has 0 amide bonds. The van der Waals surface area contributed by atoms with E-state index in [2.05, 4.69) is 29.4 Å². The largest absolute Gasteiger partial charge is 0.497 e. The predicted octanol–water partition coefficient (Wildman–Crippen LogP) is 2.14. The van der Waals surface area contributed by atoms with Gasteiger partial charge in [0, 0.05) is 32.2 Å². The van der Waals surface area contributed by atoms with E-state index in [0.717, 1.165) is 75.4 Å². The number of guanidine groups is 1. The van der Waals surface area contributed by atoms with E-state index in [1.165, 1.54) is 0 Å². The Morgan fingerprint density at radius 3 is 2.61 bits per heavy atom. The van der Waals surface area contributed by atoms with Gasteiger partial charge in [-0.1, -0.05) is 0 Å². The molecule has 0 saturated carbocycles. The van der Waals surface area contributed by atoms with Crippen molar-refractivity contribution in [1.82, 2.24) is 15.5 Å². The third-order valence-electron chi connectivity index (χ3n) is 4.70. The maximum absolute atomic E-state index is 5.45. The van der Waals surface area contributed by atoms with Gasteiger partial charge in [0.2, 0.25) is 0 Å². The third kappa shape index (κ3) is 8.00. The molecule has 1 aromatic carbocycles. The average molecular weight is 506 g/mol. The van der Waals surface area contributed by atoms with Crippen LogP contribution in [0.4, 0.5) is 0 Å². The first-order chi connectivity index (χ1) is 13.2. The zero-order valence-corrected chi connectivity index (χ0v) is 19.8. The molecule has 1 saturated heterocycles. The number of nitrogens with one attached hydrogen (secondary N) is 2. The van der Waals surface area contributed by atoms with E-state index in [1.807, 2.05) is 18.2 Å². The summed E-state index contributed by atoms with van der Waals surface area (Å²) in [4.78, 5) is 7.18. The van der Waals surface area contributed by atoms with Crippen LogP contribution in [0.5, 0.6) is 11.5 Å². The Balaban J connectivity index is 0.00000392. The Kier molecular flexibility index (Phi) is 12.2. The number of rotatable bonds is 9. The smallest absolute Gasteiger partial charge is 0.191 e. The summed E-state index contributed by atoms with van der Waals surface area (Å²) >= 11 is 0. The highest BCUT2D eigenvalue weighted by atomic mass is 127. The van der Waals surface area contributed by atoms with Crippen molar-refractivity contribution in [2.24, 2.45) is 4.99 Å². The zero-order chi connectivity index (χ0) is 19.5. The summed E-state index contributed by atoms with van der Waals surface area (Å²) in [7, 11) is 3.37. The summed E-state index contributed by atoms with van der Waals surface area (Å²) in [6, 6.07) is 6.28. The van der Waals surface area contributed by atoms with Crippen molar-refractivity contribution in [1.29, 1.82) is 0 Å². The lowest BCUT2D eigenvalue weighted by atomic mass is 10.1. The first kappa shape index (κ1) is 24.8. The summed E-state index contributed by atoms with van der Waals surface area (Å²) in [5, 5.41) is 6.73. The molecule has 1 fully saturated rings. The molecule has 0 radical (unpaired) electrons. The van der Waals surface area contributed by atoms with Gasteiger partial charge in [-0.2, -0.15) is 0 Å². The van der Waals surface area contributed by atoms with Crippen LogP contribution in [-0.2, 0) is 11.2 Å². The van der Waals surface area contributed by atoms with Crippen LogP contribution in [0.1, 0.15) is 19.4 Å². The van der Waals surface area contributed by atoms with Crippen LogP contribution in [0, 0.1) is 0 Å². The van der Waals surface area contributed by atoms with E-state index in [9.17, 15) is 0 Å². The summed E-state index contributed by atoms with van der Waals surface area (Å²) in [6.07, 6.45) is 0.823. The highest BCUT2D eigenvalue weighted by Crippen LogP contribution is 2.24. The number of hydrogen-bond donors (Lipinski definition) is 2. The fourth-order valence-electron chi connectivity index (χ4n) is 3.09. The average Bonchev–Trinajstić information content (AvgIpc) is 2.72. The maximum Gasteiger partial charge on any atom is 0.191 e. The molecule has 2 rings (SSSR count). The molecule has 1 aliphatic rings. The first-order valence-corrected chi connectivity index (χ1v) is 9.72. The van der Waals surface area contributed by atoms with Gasteiger partial charge in [0.1, 0.15) is 11.5 Å². The summed E-state index contributed by atoms with van der Waals surface area (Å²) in [6.45, 7) is 10.3. The van der Waals surface area contributed by atoms with Crippen LogP contribution in [0.25, 0.3) is 0 Å². The molecule has 160 valence electrons. The van der Waals surface area contributed by atoms with Gasteiger partial charge < -0.3 is 24.8 Å². The monoisotopic (exact) mass is 506 g/mol. The molecule has 2 N–H and O–H groups in total. The molecule has 1 aromatic rings. The number of nitrogens with zero attached hydrogens (tertiary/aromatic N) is 2. The molecule has 28 heavy (non-hydrogen) atoms. The Morgan fingerprint density at radius 2 is 1.96 bits per heavy atom. The van der Waals surface area contributed by atoms with Crippen molar-refractivity contribution >= 4 is 29.9 Å². The third-order valence-corrected chi connectivity index (χ3v) is 4.70. The quantitative estimate of drug-likeness (QED) is 0.304. The van der Waals surface area contributed by atoms with Gasteiger partial charge in [-0.15, -0.1) is 24.0 Å². The van der Waals surface area contributed by atoms with Gasteiger partial charge in [0.25, 0.3) is 0 Å². The van der Waals surface area contributed by atoms with Crippen molar-refractivity contribution in [2.75, 3.05) is 60.2 Å². The van der Waals surface area contributed by atoms with Gasteiger partial charge in [-0.3, -0.25) is 9.89 Å². The highest BCUT2D eigenvalue weighted by Gasteiger charge is 2.16. The Morgan fingerprint density at radius 1 is 1.21 bits per heavy atom. The Hall–Kier alpha value is -1.26. The molecule has 1 atom stereocenters. The summed E-state index contributed by atoms with van der Waals surface area (Å²) in [5.41, 5.74) is 1.11. The van der Waals surface area contributed by atoms with Crippen LogP contribution in [0.3, 0.4) is 0 Å². The molecular formula is C20H35IN4O3. The number of aliphatic imine (C=N–C) groups is 1. The lowest BCUT2D eigenvalue weighted by Gasteiger charge is -2.31. The highest BCUT2D eigenvalue weighted by molar-refractivity contribution is 14.0. The number of morpholine rings is 1. The second kappa shape index (κ2) is 13.8. The SMILES string of the molecule is CCNC(=NCC(C)N1CCOCC1)NCCc1cc(OC)ccc1OC.I. The minimum absolute atomic E-state index is 0. The van der Waals surface area contributed by atoms with Gasteiger partial charge in [-0.05, 0) is 44.0 Å². The summed E-state index contributed by atoms with van der Waals surface area (Å²) in [5.74, 6) is 2.56. The van der Waals surface area contributed by atoms with Crippen LogP contribution >= 0.6 is 24.0 Å². The standard InChI is InChI=1S/C20H34N4O3.HI/c1-5-21-20(23-15-16(2)24-10-12-27-13-11-24)22-9-8-17-14-18(25-3)6-7-19(17)26-4;/h6-7,14,16H,5,8-13,15H2,1-4H3,(H2,21,22,23);1H. The van der Waals surface area contributed by atoms with E-state index in [0.29, 0.717) is 6.04 Å². The van der Waals surface area contributed by atoms with Crippen molar-refractivity contribution in [2.45, 2.75) is 26.3 Å². The second-order valence-corrected chi connectivity index (χ2v) is 6.57. The molecule has 1 aliphatic heterocycles. The minimum atomic E-state index is 0. The normalized spacial score (nSPS) is 16.1. The Bertz CT molecular complexity index is 595. The molecule has 1 unspecified atom stereocenters. The van der Waals surface area contributed by atoms with Crippen molar-refractivity contribution in [3.05, 3.63) is 23.8 Å². The zero-order valence-electron chi connectivity index (χ0n) is 17.5. The van der Waals surface area contributed by atoms with Crippen LogP contribution in [-0.4, -0.2) is 77.1 Å². The predicted molar refractivity (Wildman–Crippen MR) is 125 cm³/mol. The summed E-state index contributed by atoms with van der Waals surface area (Å²) < 4.78 is 16.2. The van der Waals surface area contributed by atoms with Crippen LogP contribution in [0.2, 0.25) is 0 Å². The van der Waals surface area contributed by atoms with E-state index in [1.54, 1.807) is 14.2 Å². The van der Waals surface area contributed by atoms with Crippen molar-refractivity contribution in [3.63, 3.8) is 0 Å². The van der Waals surface area contributed by atoms with Crippen LogP contribution in [0.15, 0.2) is 23.2 Å². The first-order valence-electron chi connectivity index (χ1n) is 9.72. The number of halogens is 1. The number of ether oxygens (including phenoxy) is 3. The Labute approximate surface area is 186 Å². The topological polar surface area (TPSA) is 67.4 Å². The number of hydrogen-bond acceptors (Lipinski definition) is 5. The molecule has 7 nitrogen and oxygen atoms in total. The van der Waals surface area contributed by atoms with Gasteiger partial charge in [-0.25, -0.2) is 0 Å². The van der Waals surface area contributed by atoms with E-state index >= 15 is 0 Å². The molecule has 0 bridgehead atoms. The maximum atomic E-state index is 5.45. The number of benzene rings is 1. The second-order valence-electron chi connectivity index (χ2n) is 6.57. The van der Waals surface area contributed by atoms with E-state index in [4.69, 9.17) is 19.2 Å². The van der Waals surface area contributed by atoms with Crippen molar-refractivity contribution < 1.29 is 14.2 Å². The van der Waals surface area contributed by atoms with Gasteiger partial charge in [0.05, 0.1) is 34.0 Å². The molecule has 1 heterocycles. The molecule has 0 aliphatic carbocycles. The fourth-order valence-corrected chi connectivity index (χ4v) is 3.09. The van der Waals surface area contributed by atoms with E-state index < -0.39 is 0 Å². The van der Waals surface area contributed by atoms with E-state index in [-0.39, 0.29) is 24.0 Å². The lowest BCUT2D eigenvalue weighted by molar-refractivity contribution is 0.0220. The van der Waals surface area contributed by atoms with Gasteiger partial charge in [0.15, 0.2) is 5.96 Å². The lowest BCUT2D eigenvalue weighted by Crippen LogP contribution is -2.44. The number of methoxy groups -OCH3 is 2. The van der Waals surface area contributed by atoms with Gasteiger partial charge >= 0.3 is 0 Å². The van der Waals surface area contributed by atoms with Crippen molar-refractivity contribution in [3.8, 4) is 11.5 Å². The molecular weight excluding hydrogens is 471 g/mol. The van der Waals surface area contributed by atoms with Crippen LogP contribution < -0.4 is 20.1 Å². The molecule has 0 aromatic heterocycles. The minimum Gasteiger partial charge on any atom is -0.497 e.